The molecule has 0 atom stereocenters. The van der Waals surface area contributed by atoms with Crippen LogP contribution in [0.1, 0.15) is 19.4 Å². The Labute approximate surface area is 179 Å². The third-order valence-corrected chi connectivity index (χ3v) is 7.03. The molecule has 10 heteroatoms. The standard InChI is InChI=1S/C20H20ClN3O5S/c1-3-23(4-2)30(27,28)15-8-10-19(18(12-15)24(25)26)29-13-14-7-9-17(21)16-6-5-11-22-20(14)16/h5-12H,3-4,13H2,1-2H3. The van der Waals surface area contributed by atoms with Crippen LogP contribution < -0.4 is 4.74 Å². The van der Waals surface area contributed by atoms with Crippen molar-refractivity contribution in [3.63, 3.8) is 0 Å². The number of rotatable bonds is 8. The second-order valence-electron chi connectivity index (χ2n) is 6.37. The largest absolute Gasteiger partial charge is 0.482 e. The number of fused-ring (bicyclic) bond motifs is 1. The maximum atomic E-state index is 12.7. The van der Waals surface area contributed by atoms with E-state index in [1.165, 1.54) is 16.4 Å². The van der Waals surface area contributed by atoms with Crippen LogP contribution in [0.5, 0.6) is 5.75 Å². The number of nitrogens with zero attached hydrogens (tertiary/aromatic N) is 3. The van der Waals surface area contributed by atoms with Crippen LogP contribution in [0.3, 0.4) is 0 Å². The lowest BCUT2D eigenvalue weighted by Crippen LogP contribution is -2.30. The van der Waals surface area contributed by atoms with Gasteiger partial charge in [-0.25, -0.2) is 8.42 Å². The second-order valence-corrected chi connectivity index (χ2v) is 8.72. The third kappa shape index (κ3) is 4.23. The highest BCUT2D eigenvalue weighted by Gasteiger charge is 2.26. The van der Waals surface area contributed by atoms with E-state index < -0.39 is 20.6 Å². The van der Waals surface area contributed by atoms with Crippen molar-refractivity contribution in [2.24, 2.45) is 0 Å². The quantitative estimate of drug-likeness (QED) is 0.373. The first kappa shape index (κ1) is 21.9. The average Bonchev–Trinajstić information content (AvgIpc) is 2.74. The summed E-state index contributed by atoms with van der Waals surface area (Å²) in [5, 5.41) is 12.9. The SMILES string of the molecule is CCN(CC)S(=O)(=O)c1ccc(OCc2ccc(Cl)c3cccnc23)c([N+](=O)[O-])c1. The molecule has 0 fully saturated rings. The lowest BCUT2D eigenvalue weighted by atomic mass is 10.1. The van der Waals surface area contributed by atoms with E-state index in [0.717, 1.165) is 11.5 Å². The van der Waals surface area contributed by atoms with E-state index in [-0.39, 0.29) is 30.3 Å². The summed E-state index contributed by atoms with van der Waals surface area (Å²) >= 11 is 6.19. The highest BCUT2D eigenvalue weighted by atomic mass is 35.5. The van der Waals surface area contributed by atoms with E-state index in [1.807, 2.05) is 6.07 Å². The highest BCUT2D eigenvalue weighted by molar-refractivity contribution is 7.89. The third-order valence-electron chi connectivity index (χ3n) is 4.65. The van der Waals surface area contributed by atoms with Gasteiger partial charge in [0.2, 0.25) is 10.0 Å². The fourth-order valence-electron chi connectivity index (χ4n) is 3.10. The highest BCUT2D eigenvalue weighted by Crippen LogP contribution is 2.32. The summed E-state index contributed by atoms with van der Waals surface area (Å²) in [6, 6.07) is 10.7. The Morgan fingerprint density at radius 3 is 2.57 bits per heavy atom. The van der Waals surface area contributed by atoms with Gasteiger partial charge in [-0.05, 0) is 30.3 Å². The zero-order valence-electron chi connectivity index (χ0n) is 16.4. The van der Waals surface area contributed by atoms with Crippen molar-refractivity contribution in [1.29, 1.82) is 0 Å². The Hall–Kier alpha value is -2.75. The molecule has 3 rings (SSSR count). The van der Waals surface area contributed by atoms with E-state index in [0.29, 0.717) is 16.1 Å². The van der Waals surface area contributed by atoms with Crippen LogP contribution in [0.25, 0.3) is 10.9 Å². The molecule has 0 amide bonds. The van der Waals surface area contributed by atoms with Crippen LogP contribution in [0.4, 0.5) is 5.69 Å². The van der Waals surface area contributed by atoms with Crippen molar-refractivity contribution < 1.29 is 18.1 Å². The number of ether oxygens (including phenoxy) is 1. The fourth-order valence-corrected chi connectivity index (χ4v) is 4.80. The molecular formula is C20H20ClN3O5S. The van der Waals surface area contributed by atoms with Crippen LogP contribution in [-0.4, -0.2) is 35.7 Å². The van der Waals surface area contributed by atoms with Crippen molar-refractivity contribution in [3.05, 3.63) is 69.4 Å². The molecule has 0 unspecified atom stereocenters. The lowest BCUT2D eigenvalue weighted by molar-refractivity contribution is -0.386. The number of hydrogen-bond donors (Lipinski definition) is 0. The molecule has 158 valence electrons. The molecule has 0 aliphatic carbocycles. The van der Waals surface area contributed by atoms with Gasteiger partial charge in [-0.15, -0.1) is 0 Å². The molecule has 0 saturated heterocycles. The molecule has 1 heterocycles. The Kier molecular flexibility index (Phi) is 6.55. The predicted molar refractivity (Wildman–Crippen MR) is 114 cm³/mol. The first-order chi connectivity index (χ1) is 14.3. The summed E-state index contributed by atoms with van der Waals surface area (Å²) in [6.07, 6.45) is 1.62. The molecule has 0 aliphatic rings. The zero-order chi connectivity index (χ0) is 21.9. The van der Waals surface area contributed by atoms with Crippen molar-refractivity contribution in [2.45, 2.75) is 25.3 Å². The van der Waals surface area contributed by atoms with Crippen LogP contribution in [0.2, 0.25) is 5.02 Å². The van der Waals surface area contributed by atoms with Gasteiger partial charge in [-0.3, -0.25) is 15.1 Å². The van der Waals surface area contributed by atoms with Crippen molar-refractivity contribution in [3.8, 4) is 5.75 Å². The van der Waals surface area contributed by atoms with Gasteiger partial charge < -0.3 is 4.74 Å². The molecule has 1 aromatic heterocycles. The molecule has 0 saturated carbocycles. The minimum absolute atomic E-state index is 0.00760. The smallest absolute Gasteiger partial charge is 0.312 e. The minimum atomic E-state index is -3.83. The van der Waals surface area contributed by atoms with E-state index in [1.54, 1.807) is 38.2 Å². The molecule has 0 bridgehead atoms. The van der Waals surface area contributed by atoms with Gasteiger partial charge in [-0.1, -0.05) is 31.5 Å². The molecule has 0 N–H and O–H groups in total. The summed E-state index contributed by atoms with van der Waals surface area (Å²) in [6.45, 7) is 3.95. The Balaban J connectivity index is 1.94. The minimum Gasteiger partial charge on any atom is -0.482 e. The van der Waals surface area contributed by atoms with Crippen molar-refractivity contribution in [2.75, 3.05) is 13.1 Å². The van der Waals surface area contributed by atoms with Gasteiger partial charge in [0.25, 0.3) is 0 Å². The monoisotopic (exact) mass is 449 g/mol. The number of nitro groups is 1. The molecule has 30 heavy (non-hydrogen) atoms. The summed E-state index contributed by atoms with van der Waals surface area (Å²) in [7, 11) is -3.83. The Morgan fingerprint density at radius 1 is 1.17 bits per heavy atom. The van der Waals surface area contributed by atoms with E-state index >= 15 is 0 Å². The van der Waals surface area contributed by atoms with Gasteiger partial charge in [0.1, 0.15) is 6.61 Å². The number of nitro benzene ring substituents is 1. The molecular weight excluding hydrogens is 430 g/mol. The summed E-state index contributed by atoms with van der Waals surface area (Å²) in [5.41, 5.74) is 0.909. The van der Waals surface area contributed by atoms with Gasteiger partial charge in [-0.2, -0.15) is 4.31 Å². The average molecular weight is 450 g/mol. The van der Waals surface area contributed by atoms with Crippen LogP contribution in [0.15, 0.2) is 53.6 Å². The summed E-state index contributed by atoms with van der Waals surface area (Å²) in [4.78, 5) is 15.1. The van der Waals surface area contributed by atoms with Gasteiger partial charge in [0.05, 0.1) is 15.3 Å². The van der Waals surface area contributed by atoms with E-state index in [2.05, 4.69) is 4.98 Å². The van der Waals surface area contributed by atoms with Crippen LogP contribution >= 0.6 is 11.6 Å². The Bertz CT molecular complexity index is 1200. The molecule has 0 radical (unpaired) electrons. The van der Waals surface area contributed by atoms with E-state index in [9.17, 15) is 18.5 Å². The fraction of sp³-hybridized carbons (Fsp3) is 0.250. The molecule has 3 aromatic rings. The first-order valence-corrected chi connectivity index (χ1v) is 11.0. The number of benzene rings is 2. The molecule has 0 aliphatic heterocycles. The van der Waals surface area contributed by atoms with Gasteiger partial charge in [0, 0.05) is 41.3 Å². The molecule has 0 spiro atoms. The second kappa shape index (κ2) is 8.95. The van der Waals surface area contributed by atoms with Crippen LogP contribution in [-0.2, 0) is 16.6 Å². The molecule has 8 nitrogen and oxygen atoms in total. The number of hydrogen-bond acceptors (Lipinski definition) is 6. The lowest BCUT2D eigenvalue weighted by Gasteiger charge is -2.18. The maximum absolute atomic E-state index is 12.7. The van der Waals surface area contributed by atoms with Crippen LogP contribution in [0, 0.1) is 10.1 Å². The maximum Gasteiger partial charge on any atom is 0.312 e. The predicted octanol–water partition coefficient (Wildman–Crippen LogP) is 4.41. The summed E-state index contributed by atoms with van der Waals surface area (Å²) < 4.78 is 32.3. The summed E-state index contributed by atoms with van der Waals surface area (Å²) in [5.74, 6) is -0.0301. The van der Waals surface area contributed by atoms with Crippen molar-refractivity contribution in [1.82, 2.24) is 9.29 Å². The number of halogens is 1. The number of aromatic nitrogens is 1. The zero-order valence-corrected chi connectivity index (χ0v) is 18.0. The van der Waals surface area contributed by atoms with Gasteiger partial charge in [0.15, 0.2) is 5.75 Å². The van der Waals surface area contributed by atoms with Crippen molar-refractivity contribution >= 4 is 38.2 Å². The topological polar surface area (TPSA) is 103 Å². The number of sulfonamides is 1. The molecule has 2 aromatic carbocycles. The normalized spacial score (nSPS) is 11.7. The number of pyridine rings is 1. The van der Waals surface area contributed by atoms with E-state index in [4.69, 9.17) is 16.3 Å². The van der Waals surface area contributed by atoms with Gasteiger partial charge >= 0.3 is 5.69 Å². The Morgan fingerprint density at radius 2 is 1.90 bits per heavy atom. The first-order valence-electron chi connectivity index (χ1n) is 9.23.